The van der Waals surface area contributed by atoms with E-state index in [1.807, 2.05) is 23.1 Å². The van der Waals surface area contributed by atoms with Crippen molar-refractivity contribution in [3.8, 4) is 0 Å². The molecule has 2 N–H and O–H groups in total. The molecule has 1 aromatic rings. The topological polar surface area (TPSA) is 55.6 Å². The Morgan fingerprint density at radius 1 is 1.37 bits per heavy atom. The van der Waals surface area contributed by atoms with Crippen LogP contribution in [0.25, 0.3) is 0 Å². The van der Waals surface area contributed by atoms with E-state index >= 15 is 0 Å². The molecule has 1 aromatic carbocycles. The van der Waals surface area contributed by atoms with Gasteiger partial charge in [0.25, 0.3) is 0 Å². The van der Waals surface area contributed by atoms with Crippen LogP contribution in [-0.4, -0.2) is 43.7 Å². The van der Waals surface area contributed by atoms with Gasteiger partial charge in [0.2, 0.25) is 5.91 Å². The van der Waals surface area contributed by atoms with Gasteiger partial charge >= 0.3 is 0 Å². The normalized spacial score (nSPS) is 22.7. The summed E-state index contributed by atoms with van der Waals surface area (Å²) in [5, 5.41) is 0. The first kappa shape index (κ1) is 14.0. The van der Waals surface area contributed by atoms with Gasteiger partial charge in [-0.05, 0) is 12.0 Å². The fraction of sp³-hybridized carbons (Fsp3) is 0.533. The second-order valence-electron chi connectivity index (χ2n) is 5.08. The number of amides is 1. The average Bonchev–Trinajstić information content (AvgIpc) is 2.82. The van der Waals surface area contributed by atoms with Crippen molar-refractivity contribution in [2.45, 2.75) is 24.8 Å². The third kappa shape index (κ3) is 3.55. The Bertz CT molecular complexity index is 408. The van der Waals surface area contributed by atoms with Crippen molar-refractivity contribution in [1.29, 1.82) is 0 Å². The highest BCUT2D eigenvalue weighted by molar-refractivity contribution is 5.76. The molecule has 1 heterocycles. The third-order valence-electron chi connectivity index (χ3n) is 3.68. The maximum Gasteiger partial charge on any atom is 0.222 e. The smallest absolute Gasteiger partial charge is 0.222 e. The second kappa shape index (κ2) is 6.68. The van der Waals surface area contributed by atoms with Crippen LogP contribution in [0.4, 0.5) is 0 Å². The van der Waals surface area contributed by atoms with Gasteiger partial charge < -0.3 is 15.4 Å². The Morgan fingerprint density at radius 2 is 2.11 bits per heavy atom. The molecule has 0 bridgehead atoms. The van der Waals surface area contributed by atoms with E-state index in [1.54, 1.807) is 7.11 Å². The molecule has 0 spiro atoms. The molecule has 1 aliphatic heterocycles. The molecule has 19 heavy (non-hydrogen) atoms. The molecule has 0 unspecified atom stereocenters. The largest absolute Gasteiger partial charge is 0.385 e. The first-order valence-electron chi connectivity index (χ1n) is 6.79. The Hall–Kier alpha value is -1.39. The van der Waals surface area contributed by atoms with Gasteiger partial charge in [-0.25, -0.2) is 0 Å². The molecule has 2 atom stereocenters. The number of hydrogen-bond donors (Lipinski definition) is 1. The maximum atomic E-state index is 12.1. The predicted octanol–water partition coefficient (Wildman–Crippen LogP) is 1.37. The molecule has 0 aromatic heterocycles. The lowest BCUT2D eigenvalue weighted by Crippen LogP contribution is -2.32. The van der Waals surface area contributed by atoms with Crippen molar-refractivity contribution in [1.82, 2.24) is 4.90 Å². The van der Waals surface area contributed by atoms with Crippen LogP contribution in [0.3, 0.4) is 0 Å². The van der Waals surface area contributed by atoms with E-state index in [-0.39, 0.29) is 17.9 Å². The van der Waals surface area contributed by atoms with Gasteiger partial charge in [-0.2, -0.15) is 0 Å². The summed E-state index contributed by atoms with van der Waals surface area (Å²) in [7, 11) is 1.65. The van der Waals surface area contributed by atoms with Crippen LogP contribution >= 0.6 is 0 Å². The van der Waals surface area contributed by atoms with Crippen molar-refractivity contribution in [3.05, 3.63) is 35.9 Å². The standard InChI is InChI=1S/C15H22N2O2/c1-19-9-5-8-15(18)17-10-13(14(16)11-17)12-6-3-2-4-7-12/h2-4,6-7,13-14H,5,8-11,16H2,1H3/t13-,14+/m0/s1. The van der Waals surface area contributed by atoms with E-state index in [4.69, 9.17) is 10.5 Å². The molecule has 0 radical (unpaired) electrons. The quantitative estimate of drug-likeness (QED) is 0.815. The number of benzene rings is 1. The lowest BCUT2D eigenvalue weighted by molar-refractivity contribution is -0.130. The van der Waals surface area contributed by atoms with Crippen LogP contribution in [-0.2, 0) is 9.53 Å². The van der Waals surface area contributed by atoms with E-state index in [0.29, 0.717) is 19.6 Å². The predicted molar refractivity (Wildman–Crippen MR) is 74.8 cm³/mol. The number of carbonyl (C=O) groups is 1. The van der Waals surface area contributed by atoms with E-state index in [9.17, 15) is 4.79 Å². The molecular weight excluding hydrogens is 240 g/mol. The maximum absolute atomic E-state index is 12.1. The van der Waals surface area contributed by atoms with Crippen molar-refractivity contribution < 1.29 is 9.53 Å². The SMILES string of the molecule is COCCCC(=O)N1C[C@@H](N)[C@H](c2ccccc2)C1. The monoisotopic (exact) mass is 262 g/mol. The second-order valence-corrected chi connectivity index (χ2v) is 5.08. The van der Waals surface area contributed by atoms with Gasteiger partial charge in [-0.3, -0.25) is 4.79 Å². The minimum Gasteiger partial charge on any atom is -0.385 e. The number of hydrogen-bond acceptors (Lipinski definition) is 3. The Kier molecular flexibility index (Phi) is 4.93. The molecule has 1 amide bonds. The van der Waals surface area contributed by atoms with E-state index in [2.05, 4.69) is 12.1 Å². The third-order valence-corrected chi connectivity index (χ3v) is 3.68. The fourth-order valence-electron chi connectivity index (χ4n) is 2.61. The highest BCUT2D eigenvalue weighted by Gasteiger charge is 2.33. The summed E-state index contributed by atoms with van der Waals surface area (Å²) in [6.07, 6.45) is 1.32. The summed E-state index contributed by atoms with van der Waals surface area (Å²) in [5.41, 5.74) is 7.40. The molecular formula is C15H22N2O2. The first-order valence-corrected chi connectivity index (χ1v) is 6.79. The Labute approximate surface area is 114 Å². The summed E-state index contributed by atoms with van der Waals surface area (Å²) >= 11 is 0. The number of ether oxygens (including phenoxy) is 1. The average molecular weight is 262 g/mol. The number of likely N-dealkylation sites (tertiary alicyclic amines) is 1. The molecule has 0 saturated carbocycles. The van der Waals surface area contributed by atoms with Crippen molar-refractivity contribution in [3.63, 3.8) is 0 Å². The van der Waals surface area contributed by atoms with Gasteiger partial charge in [-0.15, -0.1) is 0 Å². The minimum absolute atomic E-state index is 0.0359. The molecule has 0 aliphatic carbocycles. The summed E-state index contributed by atoms with van der Waals surface area (Å²) < 4.78 is 4.97. The summed E-state index contributed by atoms with van der Waals surface area (Å²) in [6, 6.07) is 10.2. The lowest BCUT2D eigenvalue weighted by atomic mass is 9.95. The van der Waals surface area contributed by atoms with E-state index in [0.717, 1.165) is 13.0 Å². The van der Waals surface area contributed by atoms with Crippen molar-refractivity contribution in [2.75, 3.05) is 26.8 Å². The van der Waals surface area contributed by atoms with Crippen LogP contribution in [0.2, 0.25) is 0 Å². The fourth-order valence-corrected chi connectivity index (χ4v) is 2.61. The molecule has 104 valence electrons. The zero-order chi connectivity index (χ0) is 13.7. The number of methoxy groups -OCH3 is 1. The Balaban J connectivity index is 1.92. The minimum atomic E-state index is 0.0359. The van der Waals surface area contributed by atoms with Gasteiger partial charge in [0.1, 0.15) is 0 Å². The number of rotatable bonds is 5. The highest BCUT2D eigenvalue weighted by Crippen LogP contribution is 2.26. The number of carbonyl (C=O) groups excluding carboxylic acids is 1. The molecule has 1 fully saturated rings. The highest BCUT2D eigenvalue weighted by atomic mass is 16.5. The molecule has 4 heteroatoms. The van der Waals surface area contributed by atoms with Gasteiger partial charge in [0.15, 0.2) is 0 Å². The Morgan fingerprint density at radius 3 is 2.79 bits per heavy atom. The number of nitrogens with zero attached hydrogens (tertiary/aromatic N) is 1. The van der Waals surface area contributed by atoms with Crippen LogP contribution in [0.5, 0.6) is 0 Å². The summed E-state index contributed by atoms with van der Waals surface area (Å²) in [5.74, 6) is 0.443. The van der Waals surface area contributed by atoms with E-state index < -0.39 is 0 Å². The number of nitrogens with two attached hydrogens (primary N) is 1. The molecule has 2 rings (SSSR count). The van der Waals surface area contributed by atoms with Crippen molar-refractivity contribution in [2.24, 2.45) is 5.73 Å². The van der Waals surface area contributed by atoms with Gasteiger partial charge in [-0.1, -0.05) is 30.3 Å². The van der Waals surface area contributed by atoms with E-state index in [1.165, 1.54) is 5.56 Å². The first-order chi connectivity index (χ1) is 9.22. The van der Waals surface area contributed by atoms with Crippen molar-refractivity contribution >= 4 is 5.91 Å². The van der Waals surface area contributed by atoms with Crippen LogP contribution in [0.1, 0.15) is 24.3 Å². The van der Waals surface area contributed by atoms with Gasteiger partial charge in [0, 0.05) is 45.2 Å². The zero-order valence-electron chi connectivity index (χ0n) is 11.4. The molecule has 4 nitrogen and oxygen atoms in total. The zero-order valence-corrected chi connectivity index (χ0v) is 11.4. The molecule has 1 saturated heterocycles. The van der Waals surface area contributed by atoms with Crippen LogP contribution < -0.4 is 5.73 Å². The van der Waals surface area contributed by atoms with Crippen LogP contribution in [0.15, 0.2) is 30.3 Å². The lowest BCUT2D eigenvalue weighted by Gasteiger charge is -2.16. The molecule has 1 aliphatic rings. The summed E-state index contributed by atoms with van der Waals surface area (Å²) in [6.45, 7) is 2.02. The van der Waals surface area contributed by atoms with Gasteiger partial charge in [0.05, 0.1) is 0 Å². The van der Waals surface area contributed by atoms with Crippen LogP contribution in [0, 0.1) is 0 Å². The summed E-state index contributed by atoms with van der Waals surface area (Å²) in [4.78, 5) is 13.9.